The van der Waals surface area contributed by atoms with Crippen LogP contribution >= 0.6 is 0 Å². The fourth-order valence-corrected chi connectivity index (χ4v) is 1.85. The minimum Gasteiger partial charge on any atom is -0.455 e. The first kappa shape index (κ1) is 15.5. The molecule has 0 fully saturated rings. The monoisotopic (exact) mass is 301 g/mol. The van der Waals surface area contributed by atoms with Gasteiger partial charge >= 0.3 is 5.97 Å². The molecule has 1 aromatic heterocycles. The lowest BCUT2D eigenvalue weighted by Gasteiger charge is -2.14. The van der Waals surface area contributed by atoms with E-state index in [1.54, 1.807) is 19.2 Å². The molecule has 1 aromatic carbocycles. The predicted octanol–water partition coefficient (Wildman–Crippen LogP) is 1.29. The number of hydrogen-bond acceptors (Lipinski definition) is 6. The number of rotatable bonds is 6. The van der Waals surface area contributed by atoms with Crippen molar-refractivity contribution in [2.24, 2.45) is 0 Å². The number of fused-ring (bicyclic) bond motifs is 1. The van der Waals surface area contributed by atoms with E-state index in [4.69, 9.17) is 14.5 Å². The predicted molar refractivity (Wildman–Crippen MR) is 76.5 cm³/mol. The molecule has 0 saturated carbocycles. The summed E-state index contributed by atoms with van der Waals surface area (Å²) in [6.45, 7) is -0.0443. The number of amides is 1. The average Bonchev–Trinajstić information content (AvgIpc) is 2.93. The maximum absolute atomic E-state index is 11.8. The second kappa shape index (κ2) is 7.22. The van der Waals surface area contributed by atoms with Gasteiger partial charge in [0, 0.05) is 19.0 Å². The Hall–Kier alpha value is -2.88. The van der Waals surface area contributed by atoms with Crippen LogP contribution < -0.4 is 0 Å². The lowest BCUT2D eigenvalue weighted by atomic mass is 10.2. The van der Waals surface area contributed by atoms with Crippen molar-refractivity contribution in [3.63, 3.8) is 0 Å². The number of nitriles is 1. The summed E-state index contributed by atoms with van der Waals surface area (Å²) in [5.74, 6) is -0.908. The minimum absolute atomic E-state index is 0.0633. The standard InChI is InChI=1S/C15H15N3O4/c1-18(8-4-7-16)14(19)10-21-15(20)9-12-11-5-2-3-6-13(11)22-17-12/h2-3,5-6H,4,8-10H2,1H3. The van der Waals surface area contributed by atoms with E-state index < -0.39 is 5.97 Å². The average molecular weight is 301 g/mol. The molecule has 0 aliphatic heterocycles. The zero-order valence-electron chi connectivity index (χ0n) is 12.1. The Kier molecular flexibility index (Phi) is 5.09. The topological polar surface area (TPSA) is 96.4 Å². The summed E-state index contributed by atoms with van der Waals surface area (Å²) in [5, 5.41) is 13.0. The van der Waals surface area contributed by atoms with Gasteiger partial charge in [-0.05, 0) is 12.1 Å². The first-order valence-corrected chi connectivity index (χ1v) is 6.71. The number of nitrogens with zero attached hydrogens (tertiary/aromatic N) is 3. The third-order valence-corrected chi connectivity index (χ3v) is 3.11. The molecule has 0 spiro atoms. The molecular weight excluding hydrogens is 286 g/mol. The number of aromatic nitrogens is 1. The van der Waals surface area contributed by atoms with E-state index in [0.29, 0.717) is 17.8 Å². The van der Waals surface area contributed by atoms with Crippen LogP contribution in [0.1, 0.15) is 12.1 Å². The highest BCUT2D eigenvalue weighted by atomic mass is 16.5. The fraction of sp³-hybridized carbons (Fsp3) is 0.333. The quantitative estimate of drug-likeness (QED) is 0.746. The molecule has 0 N–H and O–H groups in total. The summed E-state index contributed by atoms with van der Waals surface area (Å²) >= 11 is 0. The summed E-state index contributed by atoms with van der Waals surface area (Å²) in [4.78, 5) is 24.8. The van der Waals surface area contributed by atoms with Crippen LogP contribution in [-0.4, -0.2) is 42.1 Å². The zero-order chi connectivity index (χ0) is 15.9. The molecule has 0 aliphatic rings. The van der Waals surface area contributed by atoms with Gasteiger partial charge in [0.25, 0.3) is 5.91 Å². The summed E-state index contributed by atoms with van der Waals surface area (Å²) in [7, 11) is 1.55. The van der Waals surface area contributed by atoms with E-state index >= 15 is 0 Å². The van der Waals surface area contributed by atoms with Gasteiger partial charge in [-0.2, -0.15) is 5.26 Å². The fourth-order valence-electron chi connectivity index (χ4n) is 1.85. The van der Waals surface area contributed by atoms with Gasteiger partial charge in [-0.1, -0.05) is 17.3 Å². The highest BCUT2D eigenvalue weighted by molar-refractivity contribution is 5.85. The number of esters is 1. The number of likely N-dealkylation sites (N-methyl/N-ethyl adjacent to an activating group) is 1. The van der Waals surface area contributed by atoms with Gasteiger partial charge in [-0.3, -0.25) is 9.59 Å². The molecule has 7 nitrogen and oxygen atoms in total. The van der Waals surface area contributed by atoms with E-state index in [-0.39, 0.29) is 25.4 Å². The van der Waals surface area contributed by atoms with Crippen LogP contribution in [0.2, 0.25) is 0 Å². The number of carbonyl (C=O) groups excluding carboxylic acids is 2. The molecule has 1 amide bonds. The van der Waals surface area contributed by atoms with Crippen molar-refractivity contribution in [1.82, 2.24) is 10.1 Å². The van der Waals surface area contributed by atoms with Crippen LogP contribution in [0, 0.1) is 11.3 Å². The van der Waals surface area contributed by atoms with Gasteiger partial charge in [0.15, 0.2) is 12.2 Å². The highest BCUT2D eigenvalue weighted by Crippen LogP contribution is 2.18. The Morgan fingerprint density at radius 3 is 2.95 bits per heavy atom. The van der Waals surface area contributed by atoms with E-state index in [2.05, 4.69) is 5.16 Å². The lowest BCUT2D eigenvalue weighted by Crippen LogP contribution is -2.32. The molecule has 0 unspecified atom stereocenters. The molecule has 2 aromatic rings. The van der Waals surface area contributed by atoms with Crippen molar-refractivity contribution in [3.8, 4) is 6.07 Å². The maximum Gasteiger partial charge on any atom is 0.312 e. The van der Waals surface area contributed by atoms with Crippen molar-refractivity contribution < 1.29 is 18.8 Å². The van der Waals surface area contributed by atoms with E-state index in [9.17, 15) is 9.59 Å². The van der Waals surface area contributed by atoms with Crippen LogP contribution in [0.5, 0.6) is 0 Å². The highest BCUT2D eigenvalue weighted by Gasteiger charge is 2.15. The van der Waals surface area contributed by atoms with Crippen molar-refractivity contribution >= 4 is 22.8 Å². The van der Waals surface area contributed by atoms with E-state index in [0.717, 1.165) is 5.39 Å². The van der Waals surface area contributed by atoms with Crippen LogP contribution in [0.25, 0.3) is 11.0 Å². The lowest BCUT2D eigenvalue weighted by molar-refractivity contribution is -0.151. The van der Waals surface area contributed by atoms with E-state index in [1.807, 2.05) is 18.2 Å². The van der Waals surface area contributed by atoms with Gasteiger partial charge in [0.1, 0.15) is 5.69 Å². The maximum atomic E-state index is 11.8. The Balaban J connectivity index is 1.86. The van der Waals surface area contributed by atoms with Gasteiger partial charge in [0.2, 0.25) is 0 Å². The van der Waals surface area contributed by atoms with Crippen LogP contribution in [0.3, 0.4) is 0 Å². The molecule has 0 aliphatic carbocycles. The molecular formula is C15H15N3O4. The van der Waals surface area contributed by atoms with Crippen molar-refractivity contribution in [2.75, 3.05) is 20.2 Å². The first-order valence-electron chi connectivity index (χ1n) is 6.71. The van der Waals surface area contributed by atoms with Gasteiger partial charge in [0.05, 0.1) is 18.9 Å². The van der Waals surface area contributed by atoms with Crippen molar-refractivity contribution in [3.05, 3.63) is 30.0 Å². The summed E-state index contributed by atoms with van der Waals surface area (Å²) < 4.78 is 10.0. The van der Waals surface area contributed by atoms with Gasteiger partial charge in [-0.15, -0.1) is 0 Å². The van der Waals surface area contributed by atoms with Crippen LogP contribution in [-0.2, 0) is 20.7 Å². The molecule has 2 rings (SSSR count). The smallest absolute Gasteiger partial charge is 0.312 e. The SMILES string of the molecule is CN(CCC#N)C(=O)COC(=O)Cc1noc2ccccc12. The van der Waals surface area contributed by atoms with Crippen molar-refractivity contribution in [2.45, 2.75) is 12.8 Å². The second-order valence-electron chi connectivity index (χ2n) is 4.69. The number of benzene rings is 1. The number of carbonyl (C=O) groups is 2. The van der Waals surface area contributed by atoms with Gasteiger partial charge in [-0.25, -0.2) is 0 Å². The summed E-state index contributed by atoms with van der Waals surface area (Å²) in [5.41, 5.74) is 1.07. The summed E-state index contributed by atoms with van der Waals surface area (Å²) in [6, 6.07) is 9.13. The Morgan fingerprint density at radius 1 is 1.41 bits per heavy atom. The number of hydrogen-bond donors (Lipinski definition) is 0. The van der Waals surface area contributed by atoms with Gasteiger partial charge < -0.3 is 14.2 Å². The third-order valence-electron chi connectivity index (χ3n) is 3.11. The Labute approximate surface area is 127 Å². The number of para-hydroxylation sites is 1. The van der Waals surface area contributed by atoms with Crippen LogP contribution in [0.4, 0.5) is 0 Å². The zero-order valence-corrected chi connectivity index (χ0v) is 12.1. The molecule has 22 heavy (non-hydrogen) atoms. The minimum atomic E-state index is -0.555. The normalized spacial score (nSPS) is 10.2. The molecule has 7 heteroatoms. The summed E-state index contributed by atoms with van der Waals surface area (Å²) in [6.07, 6.45) is 0.174. The van der Waals surface area contributed by atoms with Crippen LogP contribution in [0.15, 0.2) is 28.8 Å². The largest absolute Gasteiger partial charge is 0.455 e. The second-order valence-corrected chi connectivity index (χ2v) is 4.69. The molecule has 0 bridgehead atoms. The number of ether oxygens (including phenoxy) is 1. The first-order chi connectivity index (χ1) is 10.6. The molecule has 1 heterocycles. The van der Waals surface area contributed by atoms with Crippen molar-refractivity contribution in [1.29, 1.82) is 5.26 Å². The Morgan fingerprint density at radius 2 is 2.18 bits per heavy atom. The molecule has 0 radical (unpaired) electrons. The van der Waals surface area contributed by atoms with E-state index in [1.165, 1.54) is 4.90 Å². The Bertz CT molecular complexity index is 717. The third kappa shape index (κ3) is 3.82. The molecule has 114 valence electrons. The molecule has 0 atom stereocenters. The molecule has 0 saturated heterocycles.